The molecular formula is C21H24N2O3S. The summed E-state index contributed by atoms with van der Waals surface area (Å²) in [5, 5.41) is 2.85. The normalized spacial score (nSPS) is 12.4. The van der Waals surface area contributed by atoms with E-state index in [1.165, 1.54) is 22.4 Å². The lowest BCUT2D eigenvalue weighted by Gasteiger charge is -2.18. The fourth-order valence-electron chi connectivity index (χ4n) is 3.13. The van der Waals surface area contributed by atoms with Gasteiger partial charge in [-0.3, -0.25) is 9.59 Å². The Labute approximate surface area is 164 Å². The van der Waals surface area contributed by atoms with Crippen molar-refractivity contribution in [2.45, 2.75) is 24.2 Å². The van der Waals surface area contributed by atoms with Crippen LogP contribution in [0.2, 0.25) is 0 Å². The summed E-state index contributed by atoms with van der Waals surface area (Å²) in [6.07, 6.45) is 5.32. The summed E-state index contributed by atoms with van der Waals surface area (Å²) in [5.41, 5.74) is 3.43. The first-order valence-corrected chi connectivity index (χ1v) is 10.2. The van der Waals surface area contributed by atoms with Crippen LogP contribution >= 0.6 is 11.8 Å². The topological polar surface area (TPSA) is 58.6 Å². The van der Waals surface area contributed by atoms with Gasteiger partial charge < -0.3 is 15.0 Å². The van der Waals surface area contributed by atoms with Gasteiger partial charge in [-0.05, 0) is 60.9 Å². The van der Waals surface area contributed by atoms with Crippen LogP contribution in [-0.2, 0) is 22.4 Å². The summed E-state index contributed by atoms with van der Waals surface area (Å²) < 4.78 is 5.62. The van der Waals surface area contributed by atoms with Gasteiger partial charge in [-0.1, -0.05) is 18.2 Å². The molecule has 3 rings (SSSR count). The molecule has 1 aliphatic carbocycles. The predicted molar refractivity (Wildman–Crippen MR) is 108 cm³/mol. The number of hydrogen-bond acceptors (Lipinski definition) is 4. The highest BCUT2D eigenvalue weighted by atomic mass is 32.2. The molecule has 1 aliphatic rings. The lowest BCUT2D eigenvalue weighted by atomic mass is 10.1. The molecule has 0 spiro atoms. The number of rotatable bonds is 7. The van der Waals surface area contributed by atoms with Crippen LogP contribution in [0.4, 0.5) is 5.69 Å². The summed E-state index contributed by atoms with van der Waals surface area (Å²) in [5.74, 6) is 0.240. The molecule has 5 nitrogen and oxygen atoms in total. The fourth-order valence-corrected chi connectivity index (χ4v) is 3.69. The molecular weight excluding hydrogens is 360 g/mol. The minimum Gasteiger partial charge on any atom is -0.484 e. The van der Waals surface area contributed by atoms with Crippen LogP contribution in [0.5, 0.6) is 5.75 Å². The van der Waals surface area contributed by atoms with Gasteiger partial charge in [-0.25, -0.2) is 0 Å². The number of hydrogen-bond donors (Lipinski definition) is 1. The molecule has 0 saturated heterocycles. The zero-order valence-corrected chi connectivity index (χ0v) is 16.5. The van der Waals surface area contributed by atoms with Crippen LogP contribution in [0.3, 0.4) is 0 Å². The summed E-state index contributed by atoms with van der Waals surface area (Å²) >= 11 is 1.56. The summed E-state index contributed by atoms with van der Waals surface area (Å²) in [6, 6.07) is 13.6. The molecule has 1 N–H and O–H groups in total. The van der Waals surface area contributed by atoms with Crippen molar-refractivity contribution in [1.82, 2.24) is 4.90 Å². The molecule has 0 atom stereocenters. The van der Waals surface area contributed by atoms with Gasteiger partial charge in [0.05, 0.1) is 12.2 Å². The molecule has 27 heavy (non-hydrogen) atoms. The first-order chi connectivity index (χ1) is 13.1. The predicted octanol–water partition coefficient (Wildman–Crippen LogP) is 3.37. The molecule has 0 saturated carbocycles. The molecule has 0 unspecified atom stereocenters. The highest BCUT2D eigenvalue weighted by Crippen LogP contribution is 2.26. The van der Waals surface area contributed by atoms with Crippen LogP contribution in [0.25, 0.3) is 0 Å². The Balaban J connectivity index is 1.49. The molecule has 0 heterocycles. The Hall–Kier alpha value is -2.47. The lowest BCUT2D eigenvalue weighted by molar-refractivity contribution is -0.135. The summed E-state index contributed by atoms with van der Waals surface area (Å²) in [7, 11) is 1.61. The van der Waals surface area contributed by atoms with E-state index in [0.29, 0.717) is 5.75 Å². The van der Waals surface area contributed by atoms with Crippen molar-refractivity contribution in [3.63, 3.8) is 0 Å². The van der Waals surface area contributed by atoms with E-state index in [1.54, 1.807) is 18.8 Å². The number of fused-ring (bicyclic) bond motifs is 1. The minimum absolute atomic E-state index is 0.0188. The number of thioether (sulfide) groups is 1. The molecule has 2 amide bonds. The van der Waals surface area contributed by atoms with Gasteiger partial charge >= 0.3 is 0 Å². The molecule has 2 aromatic rings. The average Bonchev–Trinajstić information content (AvgIpc) is 3.14. The highest BCUT2D eigenvalue weighted by molar-refractivity contribution is 7.98. The molecule has 0 aliphatic heterocycles. The largest absolute Gasteiger partial charge is 0.484 e. The maximum absolute atomic E-state index is 12.3. The van der Waals surface area contributed by atoms with E-state index in [-0.39, 0.29) is 25.0 Å². The Kier molecular flexibility index (Phi) is 6.40. The SMILES string of the molecule is CSc1ccccc1NC(=O)CN(C)C(=O)COc1ccc2c(c1)CCC2. The number of ether oxygens (including phenoxy) is 1. The van der Waals surface area contributed by atoms with E-state index in [1.807, 2.05) is 42.7 Å². The number of para-hydroxylation sites is 1. The number of benzene rings is 2. The maximum Gasteiger partial charge on any atom is 0.260 e. The molecule has 0 radical (unpaired) electrons. The van der Waals surface area contributed by atoms with Gasteiger partial charge in [-0.15, -0.1) is 11.8 Å². The molecule has 0 fully saturated rings. The molecule has 6 heteroatoms. The summed E-state index contributed by atoms with van der Waals surface area (Å²) in [4.78, 5) is 26.9. The number of anilines is 1. The van der Waals surface area contributed by atoms with Gasteiger partial charge in [0, 0.05) is 11.9 Å². The van der Waals surface area contributed by atoms with Crippen molar-refractivity contribution in [3.8, 4) is 5.75 Å². The monoisotopic (exact) mass is 384 g/mol. The standard InChI is InChI=1S/C21H24N2O3S/c1-23(13-20(24)22-18-8-3-4-9-19(18)27-2)21(25)14-26-17-11-10-15-6-5-7-16(15)12-17/h3-4,8-12H,5-7,13-14H2,1-2H3,(H,22,24). The number of likely N-dealkylation sites (N-methyl/N-ethyl adjacent to an activating group) is 1. The Morgan fingerprint density at radius 2 is 1.93 bits per heavy atom. The van der Waals surface area contributed by atoms with E-state index in [2.05, 4.69) is 11.4 Å². The Morgan fingerprint density at radius 3 is 2.74 bits per heavy atom. The smallest absolute Gasteiger partial charge is 0.260 e. The van der Waals surface area contributed by atoms with Crippen LogP contribution in [-0.4, -0.2) is 43.2 Å². The fraction of sp³-hybridized carbons (Fsp3) is 0.333. The van der Waals surface area contributed by atoms with Crippen molar-refractivity contribution in [2.75, 3.05) is 31.8 Å². The van der Waals surface area contributed by atoms with Gasteiger partial charge in [0.15, 0.2) is 6.61 Å². The van der Waals surface area contributed by atoms with Crippen LogP contribution in [0, 0.1) is 0 Å². The number of nitrogens with one attached hydrogen (secondary N) is 1. The van der Waals surface area contributed by atoms with Crippen molar-refractivity contribution >= 4 is 29.3 Å². The Bertz CT molecular complexity index is 838. The van der Waals surface area contributed by atoms with E-state index in [4.69, 9.17) is 4.74 Å². The summed E-state index contributed by atoms with van der Waals surface area (Å²) in [6.45, 7) is -0.0982. The Morgan fingerprint density at radius 1 is 1.15 bits per heavy atom. The van der Waals surface area contributed by atoms with Crippen molar-refractivity contribution in [1.29, 1.82) is 0 Å². The molecule has 142 valence electrons. The highest BCUT2D eigenvalue weighted by Gasteiger charge is 2.16. The average molecular weight is 385 g/mol. The maximum atomic E-state index is 12.3. The number of aryl methyl sites for hydroxylation is 2. The van der Waals surface area contributed by atoms with E-state index >= 15 is 0 Å². The molecule has 0 aromatic heterocycles. The van der Waals surface area contributed by atoms with Crippen molar-refractivity contribution in [3.05, 3.63) is 53.6 Å². The second kappa shape index (κ2) is 8.95. The van der Waals surface area contributed by atoms with Gasteiger partial charge in [-0.2, -0.15) is 0 Å². The number of carbonyl (C=O) groups excluding carboxylic acids is 2. The third-order valence-electron chi connectivity index (χ3n) is 4.62. The van der Waals surface area contributed by atoms with Crippen molar-refractivity contribution in [2.24, 2.45) is 0 Å². The number of nitrogens with zero attached hydrogens (tertiary/aromatic N) is 1. The first kappa shape index (κ1) is 19.3. The van der Waals surface area contributed by atoms with E-state index < -0.39 is 0 Å². The molecule has 0 bridgehead atoms. The lowest BCUT2D eigenvalue weighted by Crippen LogP contribution is -2.37. The third-order valence-corrected chi connectivity index (χ3v) is 5.42. The van der Waals surface area contributed by atoms with Gasteiger partial charge in [0.1, 0.15) is 5.75 Å². The third kappa shape index (κ3) is 5.04. The van der Waals surface area contributed by atoms with Gasteiger partial charge in [0.25, 0.3) is 5.91 Å². The van der Waals surface area contributed by atoms with Crippen LogP contribution in [0.1, 0.15) is 17.5 Å². The second-order valence-electron chi connectivity index (χ2n) is 6.57. The zero-order chi connectivity index (χ0) is 19.2. The van der Waals surface area contributed by atoms with E-state index in [9.17, 15) is 9.59 Å². The van der Waals surface area contributed by atoms with Crippen LogP contribution in [0.15, 0.2) is 47.4 Å². The van der Waals surface area contributed by atoms with E-state index in [0.717, 1.165) is 23.4 Å². The molecule has 2 aromatic carbocycles. The number of carbonyl (C=O) groups is 2. The van der Waals surface area contributed by atoms with Crippen molar-refractivity contribution < 1.29 is 14.3 Å². The van der Waals surface area contributed by atoms with Crippen LogP contribution < -0.4 is 10.1 Å². The quantitative estimate of drug-likeness (QED) is 0.744. The first-order valence-electron chi connectivity index (χ1n) is 8.98. The number of amides is 2. The minimum atomic E-state index is -0.233. The zero-order valence-electron chi connectivity index (χ0n) is 15.7. The van der Waals surface area contributed by atoms with Gasteiger partial charge in [0.2, 0.25) is 5.91 Å². The second-order valence-corrected chi connectivity index (χ2v) is 7.42.